The second kappa shape index (κ2) is 13.1. The minimum atomic E-state index is -0.726. The van der Waals surface area contributed by atoms with Crippen LogP contribution in [0.1, 0.15) is 70.4 Å². The van der Waals surface area contributed by atoms with Gasteiger partial charge in [0.2, 0.25) is 5.91 Å². The van der Waals surface area contributed by atoms with E-state index >= 15 is 0 Å². The smallest absolute Gasteiger partial charge is 0.309 e. The molecule has 2 N–H and O–H groups in total. The van der Waals surface area contributed by atoms with E-state index in [1.54, 1.807) is 0 Å². The monoisotopic (exact) mass is 445 g/mol. The number of nitrogens with zero attached hydrogens (tertiary/aromatic N) is 1. The van der Waals surface area contributed by atoms with Gasteiger partial charge in [0, 0.05) is 38.2 Å². The summed E-state index contributed by atoms with van der Waals surface area (Å²) >= 11 is 0. The summed E-state index contributed by atoms with van der Waals surface area (Å²) in [6.45, 7) is 10.2. The fourth-order valence-corrected chi connectivity index (χ4v) is 3.94. The normalized spacial score (nSPS) is 15.1. The lowest BCUT2D eigenvalue weighted by molar-refractivity contribution is -0.139. The minimum absolute atomic E-state index is 0.0320. The molecule has 0 spiro atoms. The van der Waals surface area contributed by atoms with Crippen LogP contribution in [0.4, 0.5) is 0 Å². The first-order valence-electron chi connectivity index (χ1n) is 11.9. The fraction of sp³-hybridized carbons (Fsp3) is 0.640. The Labute approximate surface area is 192 Å². The van der Waals surface area contributed by atoms with Crippen molar-refractivity contribution in [2.45, 2.75) is 78.9 Å². The number of ether oxygens (including phenoxy) is 1. The zero-order chi connectivity index (χ0) is 23.5. The predicted molar refractivity (Wildman–Crippen MR) is 125 cm³/mol. The van der Waals surface area contributed by atoms with Crippen LogP contribution in [-0.4, -0.2) is 48.4 Å². The molecule has 32 heavy (non-hydrogen) atoms. The first-order valence-corrected chi connectivity index (χ1v) is 11.9. The van der Waals surface area contributed by atoms with Gasteiger partial charge in [-0.1, -0.05) is 38.8 Å². The summed E-state index contributed by atoms with van der Waals surface area (Å²) in [5.41, 5.74) is 1.89. The van der Waals surface area contributed by atoms with Crippen molar-refractivity contribution >= 4 is 17.7 Å². The Balaban J connectivity index is 1.80. The number of aryl methyl sites for hydroxylation is 1. The van der Waals surface area contributed by atoms with E-state index in [-0.39, 0.29) is 31.5 Å². The zero-order valence-corrected chi connectivity index (χ0v) is 20.0. The van der Waals surface area contributed by atoms with E-state index < -0.39 is 11.8 Å². The molecular weight excluding hydrogens is 406 g/mol. The molecule has 0 aromatic heterocycles. The zero-order valence-electron chi connectivity index (χ0n) is 20.0. The van der Waals surface area contributed by atoms with Crippen LogP contribution < -0.4 is 15.4 Å². The second-order valence-electron chi connectivity index (χ2n) is 9.15. The standard InChI is InChI=1S/C25H39N3O4/c1-18(2)15-20(4)32-22-16-19(3)9-10-21(22)17-27-25(31)24(30)26-12-11-23(29)28-13-7-5-6-8-14-28/h9-10,16,18,20H,5-8,11-15,17H2,1-4H3,(H,26,30)(H,27,31). The van der Waals surface area contributed by atoms with Crippen LogP contribution in [0, 0.1) is 12.8 Å². The number of hydrogen-bond donors (Lipinski definition) is 2. The molecule has 1 aromatic rings. The molecule has 1 saturated heterocycles. The summed E-state index contributed by atoms with van der Waals surface area (Å²) in [6, 6.07) is 5.81. The van der Waals surface area contributed by atoms with E-state index in [9.17, 15) is 14.4 Å². The Hall–Kier alpha value is -2.57. The lowest BCUT2D eigenvalue weighted by Crippen LogP contribution is -2.41. The highest BCUT2D eigenvalue weighted by Crippen LogP contribution is 2.23. The third kappa shape index (κ3) is 8.89. The predicted octanol–water partition coefficient (Wildman–Crippen LogP) is 3.33. The quantitative estimate of drug-likeness (QED) is 0.571. The van der Waals surface area contributed by atoms with Crippen LogP contribution >= 0.6 is 0 Å². The number of carbonyl (C=O) groups excluding carboxylic acids is 3. The van der Waals surface area contributed by atoms with Crippen LogP contribution in [-0.2, 0) is 20.9 Å². The Morgan fingerprint density at radius 1 is 1.00 bits per heavy atom. The number of amides is 3. The Morgan fingerprint density at radius 3 is 2.31 bits per heavy atom. The van der Waals surface area contributed by atoms with Gasteiger partial charge in [-0.2, -0.15) is 0 Å². The van der Waals surface area contributed by atoms with E-state index in [4.69, 9.17) is 4.74 Å². The summed E-state index contributed by atoms with van der Waals surface area (Å²) in [7, 11) is 0. The van der Waals surface area contributed by atoms with Gasteiger partial charge in [0.05, 0.1) is 6.10 Å². The molecule has 3 amide bonds. The number of benzene rings is 1. The average molecular weight is 446 g/mol. The molecule has 1 aromatic carbocycles. The van der Waals surface area contributed by atoms with Crippen molar-refractivity contribution in [3.63, 3.8) is 0 Å². The largest absolute Gasteiger partial charge is 0.490 e. The minimum Gasteiger partial charge on any atom is -0.490 e. The van der Waals surface area contributed by atoms with Gasteiger partial charge in [-0.15, -0.1) is 0 Å². The molecular formula is C25H39N3O4. The lowest BCUT2D eigenvalue weighted by atomic mass is 10.1. The van der Waals surface area contributed by atoms with E-state index in [2.05, 4.69) is 24.5 Å². The van der Waals surface area contributed by atoms with Crippen LogP contribution in [0.15, 0.2) is 18.2 Å². The molecule has 0 bridgehead atoms. The molecule has 7 nitrogen and oxygen atoms in total. The van der Waals surface area contributed by atoms with Crippen LogP contribution in [0.5, 0.6) is 5.75 Å². The Bertz CT molecular complexity index is 770. The molecule has 0 saturated carbocycles. The maximum absolute atomic E-state index is 12.3. The van der Waals surface area contributed by atoms with E-state index in [0.29, 0.717) is 5.92 Å². The number of rotatable bonds is 9. The number of carbonyl (C=O) groups is 3. The van der Waals surface area contributed by atoms with E-state index in [1.165, 1.54) is 0 Å². The summed E-state index contributed by atoms with van der Waals surface area (Å²) in [4.78, 5) is 38.5. The highest BCUT2D eigenvalue weighted by Gasteiger charge is 2.18. The topological polar surface area (TPSA) is 87.7 Å². The van der Waals surface area contributed by atoms with Gasteiger partial charge < -0.3 is 20.3 Å². The van der Waals surface area contributed by atoms with E-state index in [0.717, 1.165) is 62.1 Å². The molecule has 178 valence electrons. The molecule has 2 rings (SSSR count). The fourth-order valence-electron chi connectivity index (χ4n) is 3.94. The third-order valence-electron chi connectivity index (χ3n) is 5.58. The van der Waals surface area contributed by atoms with Crippen molar-refractivity contribution in [2.75, 3.05) is 19.6 Å². The average Bonchev–Trinajstić information content (AvgIpc) is 3.01. The molecule has 0 aliphatic carbocycles. The summed E-state index contributed by atoms with van der Waals surface area (Å²) in [6.07, 6.45) is 5.57. The molecule has 1 aliphatic heterocycles. The lowest BCUT2D eigenvalue weighted by Gasteiger charge is -2.20. The van der Waals surface area contributed by atoms with Crippen molar-refractivity contribution in [3.8, 4) is 5.75 Å². The van der Waals surface area contributed by atoms with Gasteiger partial charge in [0.25, 0.3) is 0 Å². The SMILES string of the molecule is Cc1ccc(CNC(=O)C(=O)NCCC(=O)N2CCCCCC2)c(OC(C)CC(C)C)c1. The highest BCUT2D eigenvalue weighted by atomic mass is 16.5. The number of hydrogen-bond acceptors (Lipinski definition) is 4. The Morgan fingerprint density at radius 2 is 1.66 bits per heavy atom. The first-order chi connectivity index (χ1) is 15.3. The number of likely N-dealkylation sites (tertiary alicyclic amines) is 1. The van der Waals surface area contributed by atoms with Crippen molar-refractivity contribution in [3.05, 3.63) is 29.3 Å². The summed E-state index contributed by atoms with van der Waals surface area (Å²) in [5.74, 6) is -0.162. The van der Waals surface area contributed by atoms with Gasteiger partial charge in [-0.05, 0) is 50.7 Å². The molecule has 1 unspecified atom stereocenters. The van der Waals surface area contributed by atoms with Crippen LogP contribution in [0.2, 0.25) is 0 Å². The highest BCUT2D eigenvalue weighted by molar-refractivity contribution is 6.35. The van der Waals surface area contributed by atoms with Gasteiger partial charge in [0.15, 0.2) is 0 Å². The molecule has 0 radical (unpaired) electrons. The molecule has 1 fully saturated rings. The van der Waals surface area contributed by atoms with Gasteiger partial charge in [0.1, 0.15) is 5.75 Å². The molecule has 7 heteroatoms. The van der Waals surface area contributed by atoms with Crippen molar-refractivity contribution in [1.29, 1.82) is 0 Å². The van der Waals surface area contributed by atoms with Gasteiger partial charge >= 0.3 is 11.8 Å². The molecule has 1 heterocycles. The van der Waals surface area contributed by atoms with Gasteiger partial charge in [-0.25, -0.2) is 0 Å². The summed E-state index contributed by atoms with van der Waals surface area (Å²) in [5, 5.41) is 5.21. The molecule has 1 aliphatic rings. The maximum atomic E-state index is 12.3. The number of nitrogens with one attached hydrogen (secondary N) is 2. The Kier molecular flexibility index (Phi) is 10.5. The maximum Gasteiger partial charge on any atom is 0.309 e. The van der Waals surface area contributed by atoms with Crippen molar-refractivity contribution in [2.24, 2.45) is 5.92 Å². The van der Waals surface area contributed by atoms with Gasteiger partial charge in [-0.3, -0.25) is 14.4 Å². The van der Waals surface area contributed by atoms with Crippen molar-refractivity contribution < 1.29 is 19.1 Å². The molecule has 1 atom stereocenters. The van der Waals surface area contributed by atoms with Crippen LogP contribution in [0.25, 0.3) is 0 Å². The summed E-state index contributed by atoms with van der Waals surface area (Å²) < 4.78 is 6.09. The third-order valence-corrected chi connectivity index (χ3v) is 5.58. The first kappa shape index (κ1) is 25.7. The van der Waals surface area contributed by atoms with E-state index in [1.807, 2.05) is 36.9 Å². The van der Waals surface area contributed by atoms with Crippen molar-refractivity contribution in [1.82, 2.24) is 15.5 Å². The van der Waals surface area contributed by atoms with Crippen LogP contribution in [0.3, 0.4) is 0 Å². The second-order valence-corrected chi connectivity index (χ2v) is 9.15.